The van der Waals surface area contributed by atoms with E-state index in [1.807, 2.05) is 13.7 Å². The summed E-state index contributed by atoms with van der Waals surface area (Å²) in [7, 11) is 2.84. The predicted molar refractivity (Wildman–Crippen MR) is 271 cm³/mol. The maximum atomic E-state index is 13.0. The molecule has 0 rings (SSSR count). The molecule has 0 saturated heterocycles. The van der Waals surface area contributed by atoms with Crippen LogP contribution in [-0.4, -0.2) is 179 Å². The average Bonchev–Trinajstić information content (AvgIpc) is 3.23. The van der Waals surface area contributed by atoms with Gasteiger partial charge in [-0.2, -0.15) is 35.3 Å². The predicted octanol–water partition coefficient (Wildman–Crippen LogP) is 7.23. The summed E-state index contributed by atoms with van der Waals surface area (Å²) in [6, 6.07) is 0. The minimum absolute atomic E-state index is 0.0113. The molecule has 0 aliphatic rings. The quantitative estimate of drug-likeness (QED) is 0.0157. The van der Waals surface area contributed by atoms with Crippen LogP contribution in [0.5, 0.6) is 0 Å². The lowest BCUT2D eigenvalue weighted by Crippen LogP contribution is -2.37. The van der Waals surface area contributed by atoms with E-state index in [4.69, 9.17) is 32.9 Å². The van der Waals surface area contributed by atoms with Gasteiger partial charge in [-0.25, -0.2) is 0 Å². The zero-order valence-corrected chi connectivity index (χ0v) is 45.3. The Balaban J connectivity index is 5.24. The van der Waals surface area contributed by atoms with Crippen LogP contribution < -0.4 is 5.32 Å². The summed E-state index contributed by atoms with van der Waals surface area (Å²) in [5.41, 5.74) is 0.291. The second-order valence-electron chi connectivity index (χ2n) is 18.8. The smallest absolute Gasteiger partial charge is 0.306 e. The largest absolute Gasteiger partial charge is 0.466 e. The molecule has 384 valence electrons. The number of nitrogens with one attached hydrogen (secondary N) is 1. The first-order valence-electron chi connectivity index (χ1n) is 23.2. The first-order chi connectivity index (χ1) is 30.7. The van der Waals surface area contributed by atoms with Crippen LogP contribution in [0.4, 0.5) is 0 Å². The molecule has 0 radical (unpaired) electrons. The lowest BCUT2D eigenvalue weighted by molar-refractivity contribution is -0.158. The van der Waals surface area contributed by atoms with E-state index in [0.29, 0.717) is 60.1 Å². The molecule has 14 nitrogen and oxygen atoms in total. The maximum absolute atomic E-state index is 13.0. The van der Waals surface area contributed by atoms with Crippen LogP contribution in [0.25, 0.3) is 0 Å². The van der Waals surface area contributed by atoms with Gasteiger partial charge < -0.3 is 53.6 Å². The van der Waals surface area contributed by atoms with E-state index in [1.165, 1.54) is 40.9 Å². The second-order valence-corrected chi connectivity index (χ2v) is 24.3. The summed E-state index contributed by atoms with van der Waals surface area (Å²) in [4.78, 5) is 38.7. The van der Waals surface area contributed by atoms with Crippen molar-refractivity contribution in [3.63, 3.8) is 0 Å². The van der Waals surface area contributed by atoms with Gasteiger partial charge in [0, 0.05) is 79.9 Å². The highest BCUT2D eigenvalue weighted by Crippen LogP contribution is 2.32. The molecule has 65 heavy (non-hydrogen) atoms. The van der Waals surface area contributed by atoms with Crippen molar-refractivity contribution in [2.75, 3.05) is 128 Å². The van der Waals surface area contributed by atoms with Crippen molar-refractivity contribution in [2.24, 2.45) is 22.2 Å². The molecule has 0 aliphatic carbocycles. The van der Waals surface area contributed by atoms with Crippen molar-refractivity contribution in [2.45, 2.75) is 119 Å². The van der Waals surface area contributed by atoms with E-state index in [-0.39, 0.29) is 82.8 Å². The number of carbonyl (C=O) groups excluding carboxylic acids is 3. The summed E-state index contributed by atoms with van der Waals surface area (Å²) in [6.45, 7) is 21.9. The van der Waals surface area contributed by atoms with Gasteiger partial charge in [0.25, 0.3) is 0 Å². The monoisotopic (exact) mass is 1000 g/mol. The first kappa shape index (κ1) is 64.3. The number of thioether (sulfide) groups is 3. The van der Waals surface area contributed by atoms with E-state index in [9.17, 15) is 29.7 Å². The summed E-state index contributed by atoms with van der Waals surface area (Å²) in [5.74, 6) is 1.89. The van der Waals surface area contributed by atoms with Crippen LogP contribution in [0.2, 0.25) is 0 Å². The number of allylic oxidation sites excluding steroid dienone is 1. The topological polar surface area (TPSA) is 189 Å². The molecule has 0 fully saturated rings. The Bertz CT molecular complexity index is 1280. The fraction of sp³-hybridized carbons (Fsp3) is 0.894. The fourth-order valence-corrected chi connectivity index (χ4v) is 10.2. The normalized spacial score (nSPS) is 15.3. The highest BCUT2D eigenvalue weighted by atomic mass is 32.2. The minimum atomic E-state index is -0.893. The Morgan fingerprint density at radius 1 is 0.723 bits per heavy atom. The molecule has 0 bridgehead atoms. The molecular formula is C47H90NO13PS3. The number of hydrogen-bond acceptors (Lipinski definition) is 17. The number of ether oxygens (including phenoxy) is 6. The molecule has 0 saturated carbocycles. The van der Waals surface area contributed by atoms with Crippen molar-refractivity contribution < 1.29 is 62.6 Å². The standard InChI is InChI=1S/C47H90NO13PS3/c1-12-38(4)26-46(7,8)34-57-28-40(50)31-64-24-15-44(54)60-36-47(16-19-55-10,17-20-58-42(52)13-22-65-32-41(51)29-61-62(11)21-18-48-9)35-59-43(53)14-23-63-30-39(49)27-56-33-45(5,6)25-37(2)3/h26,37,39-41,48-51H,12-25,27-36H2,1-11H3/b38-26+. The molecular weight excluding hydrogens is 914 g/mol. The van der Waals surface area contributed by atoms with Crippen LogP contribution in [0.15, 0.2) is 11.6 Å². The lowest BCUT2D eigenvalue weighted by atomic mass is 9.83. The van der Waals surface area contributed by atoms with E-state index >= 15 is 0 Å². The number of hydrogen-bond donors (Lipinski definition) is 4. The first-order valence-corrected chi connectivity index (χ1v) is 28.6. The van der Waals surface area contributed by atoms with Gasteiger partial charge in [0.15, 0.2) is 0 Å². The van der Waals surface area contributed by atoms with Gasteiger partial charge in [0.05, 0.1) is 77.2 Å². The summed E-state index contributed by atoms with van der Waals surface area (Å²) < 4.78 is 39.9. The van der Waals surface area contributed by atoms with Crippen molar-refractivity contribution in [1.82, 2.24) is 5.32 Å². The molecule has 5 atom stereocenters. The molecule has 0 aromatic carbocycles. The molecule has 0 spiro atoms. The summed E-state index contributed by atoms with van der Waals surface area (Å²) in [5, 5.41) is 34.3. The number of carbonyl (C=O) groups is 3. The highest BCUT2D eigenvalue weighted by molar-refractivity contribution is 7.99. The van der Waals surface area contributed by atoms with Gasteiger partial charge in [-0.15, -0.1) is 0 Å². The zero-order chi connectivity index (χ0) is 49.2. The molecule has 5 unspecified atom stereocenters. The Kier molecular flexibility index (Phi) is 37.7. The number of methoxy groups -OCH3 is 1. The van der Waals surface area contributed by atoms with Gasteiger partial charge in [0.1, 0.15) is 13.2 Å². The number of rotatable bonds is 43. The third-order valence-electron chi connectivity index (χ3n) is 10.00. The van der Waals surface area contributed by atoms with Crippen LogP contribution >= 0.6 is 43.4 Å². The van der Waals surface area contributed by atoms with Crippen molar-refractivity contribution in [1.29, 1.82) is 0 Å². The van der Waals surface area contributed by atoms with Crippen LogP contribution in [0, 0.1) is 22.2 Å². The van der Waals surface area contributed by atoms with Gasteiger partial charge >= 0.3 is 17.9 Å². The molecule has 0 aromatic rings. The van der Waals surface area contributed by atoms with E-state index in [0.717, 1.165) is 25.5 Å². The average molecular weight is 1000 g/mol. The summed E-state index contributed by atoms with van der Waals surface area (Å²) in [6.07, 6.45) is 4.15. The molecule has 0 amide bonds. The van der Waals surface area contributed by atoms with Gasteiger partial charge in [-0.3, -0.25) is 14.4 Å². The van der Waals surface area contributed by atoms with Crippen molar-refractivity contribution in [3.05, 3.63) is 11.6 Å². The Morgan fingerprint density at radius 2 is 1.20 bits per heavy atom. The van der Waals surface area contributed by atoms with Gasteiger partial charge in [-0.1, -0.05) is 60.1 Å². The van der Waals surface area contributed by atoms with Crippen LogP contribution in [-0.2, 0) is 47.3 Å². The third kappa shape index (κ3) is 37.8. The van der Waals surface area contributed by atoms with E-state index in [2.05, 4.69) is 66.8 Å². The minimum Gasteiger partial charge on any atom is -0.466 e. The summed E-state index contributed by atoms with van der Waals surface area (Å²) >= 11 is 4.33. The molecule has 0 aromatic heterocycles. The Labute approximate surface area is 407 Å². The third-order valence-corrected chi connectivity index (χ3v) is 14.8. The van der Waals surface area contributed by atoms with Gasteiger partial charge in [-0.05, 0) is 57.7 Å². The molecule has 4 N–H and O–H groups in total. The van der Waals surface area contributed by atoms with E-state index in [1.54, 1.807) is 7.11 Å². The molecule has 0 heterocycles. The maximum Gasteiger partial charge on any atom is 0.306 e. The van der Waals surface area contributed by atoms with Gasteiger partial charge in [0.2, 0.25) is 0 Å². The Hall–Kier alpha value is -0.690. The number of aliphatic hydroxyl groups is 3. The Morgan fingerprint density at radius 3 is 1.68 bits per heavy atom. The fourth-order valence-electron chi connectivity index (χ4n) is 6.56. The number of esters is 3. The number of aliphatic hydroxyl groups excluding tert-OH is 3. The molecule has 18 heteroatoms. The van der Waals surface area contributed by atoms with Crippen LogP contribution in [0.3, 0.4) is 0 Å². The SMILES string of the molecule is CC/C(C)=C/C(C)(C)COCC(O)CSCCC(=O)OCC(CCOC)(CCOC(=O)CCSCC(O)COP(C)CCNC)COC(=O)CCSCC(O)COCC(C)(C)CC(C)C. The second kappa shape index (κ2) is 38.1. The highest BCUT2D eigenvalue weighted by Gasteiger charge is 2.34. The van der Waals surface area contributed by atoms with Crippen molar-refractivity contribution in [3.8, 4) is 0 Å². The zero-order valence-electron chi connectivity index (χ0n) is 42.0. The van der Waals surface area contributed by atoms with Crippen molar-refractivity contribution >= 4 is 61.3 Å². The lowest BCUT2D eigenvalue weighted by Gasteiger charge is -2.32. The van der Waals surface area contributed by atoms with Crippen LogP contribution in [0.1, 0.15) is 100 Å². The van der Waals surface area contributed by atoms with E-state index < -0.39 is 49.8 Å². The molecule has 0 aliphatic heterocycles.